The summed E-state index contributed by atoms with van der Waals surface area (Å²) < 4.78 is 5.49. The van der Waals surface area contributed by atoms with Crippen molar-refractivity contribution in [2.45, 2.75) is 6.54 Å². The van der Waals surface area contributed by atoms with E-state index in [9.17, 15) is 9.59 Å². The van der Waals surface area contributed by atoms with Crippen LogP contribution in [-0.4, -0.2) is 18.9 Å². The van der Waals surface area contributed by atoms with Crippen LogP contribution in [0.3, 0.4) is 0 Å². The topological polar surface area (TPSA) is 67.4 Å². The molecular weight excluding hydrogens is 396 g/mol. The van der Waals surface area contributed by atoms with Gasteiger partial charge in [-0.1, -0.05) is 42.5 Å². The van der Waals surface area contributed by atoms with Gasteiger partial charge < -0.3 is 15.4 Å². The maximum atomic E-state index is 12.8. The molecule has 0 radical (unpaired) electrons. The van der Waals surface area contributed by atoms with Gasteiger partial charge in [0.1, 0.15) is 5.75 Å². The number of hydrogen-bond acceptors (Lipinski definition) is 4. The van der Waals surface area contributed by atoms with Crippen LogP contribution < -0.4 is 15.4 Å². The fraction of sp³-hybridized carbons (Fsp3) is 0.0833. The van der Waals surface area contributed by atoms with Crippen molar-refractivity contribution in [1.29, 1.82) is 0 Å². The average molecular weight is 417 g/mol. The summed E-state index contributed by atoms with van der Waals surface area (Å²) in [4.78, 5) is 25.6. The van der Waals surface area contributed by atoms with Crippen LogP contribution in [0.25, 0.3) is 10.8 Å². The predicted octanol–water partition coefficient (Wildman–Crippen LogP) is 5.09. The van der Waals surface area contributed by atoms with Gasteiger partial charge in [0.15, 0.2) is 0 Å². The molecule has 0 saturated carbocycles. The number of carbonyl (C=O) groups excluding carboxylic acids is 2. The molecule has 0 aliphatic carbocycles. The Labute approximate surface area is 178 Å². The van der Waals surface area contributed by atoms with Crippen molar-refractivity contribution < 1.29 is 14.3 Å². The van der Waals surface area contributed by atoms with Crippen molar-refractivity contribution in [3.8, 4) is 5.75 Å². The quantitative estimate of drug-likeness (QED) is 0.460. The van der Waals surface area contributed by atoms with E-state index in [0.717, 1.165) is 22.1 Å². The summed E-state index contributed by atoms with van der Waals surface area (Å²) in [6.07, 6.45) is 0. The molecule has 0 spiro atoms. The van der Waals surface area contributed by atoms with Crippen molar-refractivity contribution in [1.82, 2.24) is 5.32 Å². The first kappa shape index (κ1) is 19.7. The Kier molecular flexibility index (Phi) is 5.77. The second kappa shape index (κ2) is 8.80. The summed E-state index contributed by atoms with van der Waals surface area (Å²) in [6, 6.07) is 22.4. The minimum absolute atomic E-state index is 0.192. The molecule has 0 aliphatic heterocycles. The zero-order valence-corrected chi connectivity index (χ0v) is 17.2. The molecule has 2 amide bonds. The minimum Gasteiger partial charge on any atom is -0.496 e. The molecule has 0 fully saturated rings. The summed E-state index contributed by atoms with van der Waals surface area (Å²) in [6.45, 7) is 0.329. The number of amides is 2. The van der Waals surface area contributed by atoms with Gasteiger partial charge in [-0.2, -0.15) is 0 Å². The SMILES string of the molecule is COc1ccc2ccccc2c1CNC(=O)c1cccc(NC(=O)c2cccs2)c1. The van der Waals surface area contributed by atoms with Crippen molar-refractivity contribution in [2.24, 2.45) is 0 Å². The first-order valence-electron chi connectivity index (χ1n) is 9.43. The largest absolute Gasteiger partial charge is 0.496 e. The molecule has 4 rings (SSSR count). The van der Waals surface area contributed by atoms with Crippen LogP contribution in [0.1, 0.15) is 25.6 Å². The molecule has 0 aliphatic rings. The third-order valence-electron chi connectivity index (χ3n) is 4.77. The molecule has 5 nitrogen and oxygen atoms in total. The van der Waals surface area contributed by atoms with Gasteiger partial charge in [-0.25, -0.2) is 0 Å². The Balaban J connectivity index is 1.50. The Morgan fingerprint density at radius 3 is 2.60 bits per heavy atom. The van der Waals surface area contributed by atoms with Gasteiger partial charge in [0.05, 0.1) is 12.0 Å². The first-order valence-corrected chi connectivity index (χ1v) is 10.3. The lowest BCUT2D eigenvalue weighted by atomic mass is 10.0. The van der Waals surface area contributed by atoms with Crippen LogP contribution in [-0.2, 0) is 6.54 Å². The second-order valence-electron chi connectivity index (χ2n) is 6.66. The van der Waals surface area contributed by atoms with E-state index < -0.39 is 0 Å². The molecule has 150 valence electrons. The van der Waals surface area contributed by atoms with Gasteiger partial charge in [0, 0.05) is 23.4 Å². The molecule has 0 bridgehead atoms. The highest BCUT2D eigenvalue weighted by Crippen LogP contribution is 2.28. The Morgan fingerprint density at radius 2 is 1.80 bits per heavy atom. The van der Waals surface area contributed by atoms with E-state index in [4.69, 9.17) is 4.74 Å². The Morgan fingerprint density at radius 1 is 0.933 bits per heavy atom. The molecule has 3 aromatic carbocycles. The Hall–Kier alpha value is -3.64. The van der Waals surface area contributed by atoms with Gasteiger partial charge in [-0.15, -0.1) is 11.3 Å². The number of methoxy groups -OCH3 is 1. The zero-order valence-electron chi connectivity index (χ0n) is 16.3. The summed E-state index contributed by atoms with van der Waals surface area (Å²) >= 11 is 1.37. The third-order valence-corrected chi connectivity index (χ3v) is 5.64. The molecule has 6 heteroatoms. The van der Waals surface area contributed by atoms with Crippen LogP contribution in [0.15, 0.2) is 78.2 Å². The average Bonchev–Trinajstić information content (AvgIpc) is 3.32. The Bertz CT molecular complexity index is 1200. The fourth-order valence-corrected chi connectivity index (χ4v) is 3.92. The number of benzene rings is 3. The monoisotopic (exact) mass is 416 g/mol. The number of rotatable bonds is 6. The van der Waals surface area contributed by atoms with E-state index >= 15 is 0 Å². The molecular formula is C24H20N2O3S. The van der Waals surface area contributed by atoms with Gasteiger partial charge >= 0.3 is 0 Å². The van der Waals surface area contributed by atoms with E-state index in [2.05, 4.69) is 10.6 Å². The zero-order chi connectivity index (χ0) is 20.9. The molecule has 0 atom stereocenters. The number of ether oxygens (including phenoxy) is 1. The third kappa shape index (κ3) is 4.18. The maximum absolute atomic E-state index is 12.8. The van der Waals surface area contributed by atoms with Crippen LogP contribution in [0.4, 0.5) is 5.69 Å². The van der Waals surface area contributed by atoms with Crippen LogP contribution in [0.5, 0.6) is 5.75 Å². The summed E-state index contributed by atoms with van der Waals surface area (Å²) in [5.74, 6) is 0.311. The van der Waals surface area contributed by atoms with Crippen LogP contribution in [0.2, 0.25) is 0 Å². The summed E-state index contributed by atoms with van der Waals surface area (Å²) in [5, 5.41) is 9.76. The maximum Gasteiger partial charge on any atom is 0.265 e. The van der Waals surface area contributed by atoms with Crippen LogP contribution in [0, 0.1) is 0 Å². The van der Waals surface area contributed by atoms with Gasteiger partial charge in [-0.05, 0) is 46.5 Å². The lowest BCUT2D eigenvalue weighted by molar-refractivity contribution is 0.0949. The number of fused-ring (bicyclic) bond motifs is 1. The van der Waals surface area contributed by atoms with Crippen LogP contribution >= 0.6 is 11.3 Å². The van der Waals surface area contributed by atoms with Gasteiger partial charge in [-0.3, -0.25) is 9.59 Å². The lowest BCUT2D eigenvalue weighted by Gasteiger charge is -2.13. The highest BCUT2D eigenvalue weighted by atomic mass is 32.1. The highest BCUT2D eigenvalue weighted by molar-refractivity contribution is 7.12. The van der Waals surface area contributed by atoms with E-state index in [0.29, 0.717) is 22.7 Å². The first-order chi connectivity index (χ1) is 14.7. The summed E-state index contributed by atoms with van der Waals surface area (Å²) in [5.41, 5.74) is 1.97. The molecule has 1 aromatic heterocycles. The lowest BCUT2D eigenvalue weighted by Crippen LogP contribution is -2.23. The molecule has 4 aromatic rings. The fourth-order valence-electron chi connectivity index (χ4n) is 3.30. The second-order valence-corrected chi connectivity index (χ2v) is 7.61. The van der Waals surface area contributed by atoms with E-state index in [1.165, 1.54) is 11.3 Å². The van der Waals surface area contributed by atoms with Crippen molar-refractivity contribution in [2.75, 3.05) is 12.4 Å². The number of thiophene rings is 1. The number of carbonyl (C=O) groups is 2. The number of nitrogens with one attached hydrogen (secondary N) is 2. The molecule has 1 heterocycles. The highest BCUT2D eigenvalue weighted by Gasteiger charge is 2.13. The van der Waals surface area contributed by atoms with E-state index in [1.807, 2.05) is 47.8 Å². The number of anilines is 1. The number of hydrogen-bond donors (Lipinski definition) is 2. The molecule has 0 unspecified atom stereocenters. The van der Waals surface area contributed by atoms with E-state index in [-0.39, 0.29) is 11.8 Å². The standard InChI is InChI=1S/C24H20N2O3S/c1-29-21-12-11-16-6-2-3-9-19(16)20(21)15-25-23(27)17-7-4-8-18(14-17)26-24(28)22-10-5-13-30-22/h2-14H,15H2,1H3,(H,25,27)(H,26,28). The van der Waals surface area contributed by atoms with E-state index in [1.54, 1.807) is 37.4 Å². The van der Waals surface area contributed by atoms with Gasteiger partial charge in [0.2, 0.25) is 0 Å². The van der Waals surface area contributed by atoms with Crippen molar-refractivity contribution in [3.05, 3.63) is 94.2 Å². The van der Waals surface area contributed by atoms with Crippen molar-refractivity contribution >= 4 is 39.6 Å². The summed E-state index contributed by atoms with van der Waals surface area (Å²) in [7, 11) is 1.62. The normalized spacial score (nSPS) is 10.6. The van der Waals surface area contributed by atoms with Crippen molar-refractivity contribution in [3.63, 3.8) is 0 Å². The molecule has 0 saturated heterocycles. The molecule has 2 N–H and O–H groups in total. The smallest absolute Gasteiger partial charge is 0.265 e. The van der Waals surface area contributed by atoms with Gasteiger partial charge in [0.25, 0.3) is 11.8 Å². The predicted molar refractivity (Wildman–Crippen MR) is 120 cm³/mol. The minimum atomic E-state index is -0.225. The molecule has 30 heavy (non-hydrogen) atoms.